The Hall–Kier alpha value is -1.94. The number of hydrazine groups is 1. The van der Waals surface area contributed by atoms with E-state index >= 15 is 0 Å². The number of nitrogens with zero attached hydrogens (tertiary/aromatic N) is 2. The number of hydrogen-bond acceptors (Lipinski definition) is 4. The second kappa shape index (κ2) is 7.28. The summed E-state index contributed by atoms with van der Waals surface area (Å²) in [7, 11) is -2.11. The van der Waals surface area contributed by atoms with Gasteiger partial charge in [0.1, 0.15) is 6.10 Å². The van der Waals surface area contributed by atoms with E-state index in [9.17, 15) is 9.59 Å². The third-order valence-electron chi connectivity index (χ3n) is 8.19. The van der Waals surface area contributed by atoms with Crippen LogP contribution in [0.3, 0.4) is 0 Å². The van der Waals surface area contributed by atoms with Gasteiger partial charge in [-0.2, -0.15) is 5.01 Å². The van der Waals surface area contributed by atoms with E-state index in [4.69, 9.17) is 4.43 Å². The van der Waals surface area contributed by atoms with Crippen molar-refractivity contribution in [1.29, 1.82) is 0 Å². The van der Waals surface area contributed by atoms with Crippen LogP contribution in [0.4, 0.5) is 0 Å². The number of carbonyl (C=O) groups excluding carboxylic acids is 2. The molecular weight excluding hydrogens is 416 g/mol. The minimum atomic E-state index is -2.11. The van der Waals surface area contributed by atoms with Gasteiger partial charge in [-0.25, -0.2) is 5.01 Å². The number of amides is 2. The van der Waals surface area contributed by atoms with Gasteiger partial charge in [0.25, 0.3) is 11.8 Å². The van der Waals surface area contributed by atoms with Gasteiger partial charge in [0.15, 0.2) is 8.32 Å². The summed E-state index contributed by atoms with van der Waals surface area (Å²) in [6.45, 7) is 11.3. The molecule has 1 aromatic rings. The fourth-order valence-electron chi connectivity index (χ4n) is 5.07. The summed E-state index contributed by atoms with van der Waals surface area (Å²) in [5.74, 6) is 7.06. The molecule has 0 spiro atoms. The van der Waals surface area contributed by atoms with Crippen LogP contribution in [-0.2, 0) is 4.43 Å². The van der Waals surface area contributed by atoms with Gasteiger partial charge in [0.2, 0.25) is 0 Å². The van der Waals surface area contributed by atoms with E-state index in [-0.39, 0.29) is 34.5 Å². The molecule has 4 unspecified atom stereocenters. The smallest absolute Gasteiger partial charge is 0.276 e. The lowest BCUT2D eigenvalue weighted by atomic mass is 9.85. The molecule has 1 aromatic carbocycles. The fraction of sp³-hybridized carbons (Fsp3) is 0.615. The van der Waals surface area contributed by atoms with Crippen LogP contribution in [-0.4, -0.2) is 47.8 Å². The molecule has 5 nitrogen and oxygen atoms in total. The number of fused-ring (bicyclic) bond motifs is 2. The van der Waals surface area contributed by atoms with Crippen molar-refractivity contribution >= 4 is 20.1 Å². The lowest BCUT2D eigenvalue weighted by Gasteiger charge is -2.41. The average molecular weight is 451 g/mol. The van der Waals surface area contributed by atoms with E-state index in [1.807, 2.05) is 12.1 Å². The Morgan fingerprint density at radius 2 is 1.69 bits per heavy atom. The van der Waals surface area contributed by atoms with Crippen molar-refractivity contribution in [3.05, 3.63) is 35.4 Å². The maximum absolute atomic E-state index is 13.3. The quantitative estimate of drug-likeness (QED) is 0.280. The summed E-state index contributed by atoms with van der Waals surface area (Å²) in [6, 6.07) is 7.28. The van der Waals surface area contributed by atoms with E-state index < -0.39 is 8.32 Å². The molecule has 5 rings (SSSR count). The van der Waals surface area contributed by atoms with Crippen molar-refractivity contribution < 1.29 is 14.0 Å². The van der Waals surface area contributed by atoms with Crippen molar-refractivity contribution in [3.8, 4) is 11.8 Å². The SMILES string of the molecule is CC(C)(C)[Si](C)(C)OC(C#CC1CC1)C12CCCCC1N2N1C(=O)c2ccccc2C1=O. The first-order valence-corrected chi connectivity index (χ1v) is 14.9. The van der Waals surface area contributed by atoms with E-state index in [0.717, 1.165) is 25.7 Å². The molecule has 2 saturated carbocycles. The third kappa shape index (κ3) is 3.29. The Morgan fingerprint density at radius 1 is 1.06 bits per heavy atom. The van der Waals surface area contributed by atoms with Crippen molar-refractivity contribution in [2.24, 2.45) is 5.92 Å². The zero-order valence-electron chi connectivity index (χ0n) is 19.9. The van der Waals surface area contributed by atoms with Gasteiger partial charge in [-0.1, -0.05) is 57.6 Å². The first-order valence-electron chi connectivity index (χ1n) is 12.0. The van der Waals surface area contributed by atoms with Gasteiger partial charge in [0, 0.05) is 5.92 Å². The van der Waals surface area contributed by atoms with Crippen LogP contribution in [0.5, 0.6) is 0 Å². The summed E-state index contributed by atoms with van der Waals surface area (Å²) in [5, 5.41) is 3.54. The normalized spacial score (nSPS) is 30.3. The molecule has 6 heteroatoms. The number of rotatable bonds is 4. The summed E-state index contributed by atoms with van der Waals surface area (Å²) < 4.78 is 6.98. The standard InChI is InChI=1S/C26H34N2O3Si/c1-25(2,3)32(4,5)31-22(16-15-18-13-14-18)26-17-9-8-12-21(26)28(26)27-23(29)19-10-6-7-11-20(19)24(27)30/h6-7,10-11,18,21-22H,8-9,12-14,17H2,1-5H3. The van der Waals surface area contributed by atoms with E-state index in [1.54, 1.807) is 12.1 Å². The molecule has 0 aromatic heterocycles. The molecule has 1 saturated heterocycles. The summed E-state index contributed by atoms with van der Waals surface area (Å²) in [4.78, 5) is 26.6. The molecular formula is C26H34N2O3Si. The maximum Gasteiger partial charge on any atom is 0.276 e. The van der Waals surface area contributed by atoms with Gasteiger partial charge >= 0.3 is 0 Å². The molecule has 0 N–H and O–H groups in total. The van der Waals surface area contributed by atoms with Gasteiger partial charge < -0.3 is 4.43 Å². The minimum Gasteiger partial charge on any atom is -0.401 e. The molecule has 4 aliphatic rings. The lowest BCUT2D eigenvalue weighted by molar-refractivity contribution is 0.0204. The molecule has 2 aliphatic carbocycles. The molecule has 32 heavy (non-hydrogen) atoms. The van der Waals surface area contributed by atoms with E-state index in [2.05, 4.69) is 50.7 Å². The predicted octanol–water partition coefficient (Wildman–Crippen LogP) is 5.00. The van der Waals surface area contributed by atoms with Crippen LogP contribution in [0.1, 0.15) is 80.0 Å². The molecule has 4 atom stereocenters. The molecule has 0 radical (unpaired) electrons. The lowest BCUT2D eigenvalue weighted by Crippen LogP contribution is -2.51. The van der Waals surface area contributed by atoms with Gasteiger partial charge in [-0.05, 0) is 55.9 Å². The maximum atomic E-state index is 13.3. The molecule has 0 bridgehead atoms. The Morgan fingerprint density at radius 3 is 2.25 bits per heavy atom. The van der Waals surface area contributed by atoms with Crippen molar-refractivity contribution in [3.63, 3.8) is 0 Å². The monoisotopic (exact) mass is 450 g/mol. The molecule has 2 heterocycles. The van der Waals surface area contributed by atoms with Crippen LogP contribution < -0.4 is 0 Å². The highest BCUT2D eigenvalue weighted by Gasteiger charge is 2.72. The summed E-state index contributed by atoms with van der Waals surface area (Å²) in [5.41, 5.74) is 0.618. The number of imide groups is 1. The largest absolute Gasteiger partial charge is 0.401 e. The zero-order chi connectivity index (χ0) is 22.9. The van der Waals surface area contributed by atoms with Crippen LogP contribution in [0.15, 0.2) is 24.3 Å². The highest BCUT2D eigenvalue weighted by atomic mass is 28.4. The van der Waals surface area contributed by atoms with Crippen molar-refractivity contribution in [2.45, 2.75) is 95.1 Å². The highest BCUT2D eigenvalue weighted by Crippen LogP contribution is 2.57. The average Bonchev–Trinajstić information content (AvgIpc) is 3.65. The van der Waals surface area contributed by atoms with Crippen LogP contribution in [0.2, 0.25) is 18.1 Å². The molecule has 2 amide bonds. The Balaban J connectivity index is 1.52. The third-order valence-corrected chi connectivity index (χ3v) is 12.6. The first kappa shape index (κ1) is 21.9. The Kier molecular flexibility index (Phi) is 4.98. The molecule has 3 fully saturated rings. The van der Waals surface area contributed by atoms with Crippen LogP contribution >= 0.6 is 0 Å². The summed E-state index contributed by atoms with van der Waals surface area (Å²) in [6.07, 6.45) is 6.10. The van der Waals surface area contributed by atoms with Gasteiger partial charge in [-0.3, -0.25) is 9.59 Å². The summed E-state index contributed by atoms with van der Waals surface area (Å²) >= 11 is 0. The predicted molar refractivity (Wildman–Crippen MR) is 126 cm³/mol. The highest BCUT2D eigenvalue weighted by molar-refractivity contribution is 6.74. The van der Waals surface area contributed by atoms with Gasteiger partial charge in [0.05, 0.1) is 22.7 Å². The Bertz CT molecular complexity index is 994. The van der Waals surface area contributed by atoms with Crippen molar-refractivity contribution in [1.82, 2.24) is 10.0 Å². The first-order chi connectivity index (χ1) is 15.1. The van der Waals surface area contributed by atoms with Crippen LogP contribution in [0, 0.1) is 17.8 Å². The second-order valence-corrected chi connectivity index (χ2v) is 16.1. The molecule has 170 valence electrons. The molecule has 2 aliphatic heterocycles. The van der Waals surface area contributed by atoms with E-state index in [1.165, 1.54) is 17.9 Å². The van der Waals surface area contributed by atoms with Crippen LogP contribution in [0.25, 0.3) is 0 Å². The Labute approximate surface area is 192 Å². The topological polar surface area (TPSA) is 49.6 Å². The number of hydrogen-bond donors (Lipinski definition) is 0. The number of benzene rings is 1. The van der Waals surface area contributed by atoms with Gasteiger partial charge in [-0.15, -0.1) is 0 Å². The van der Waals surface area contributed by atoms with E-state index in [0.29, 0.717) is 17.0 Å². The number of carbonyl (C=O) groups is 2. The minimum absolute atomic E-state index is 0.0581. The second-order valence-electron chi connectivity index (χ2n) is 11.4. The zero-order valence-corrected chi connectivity index (χ0v) is 20.9. The fourth-order valence-corrected chi connectivity index (χ4v) is 6.27. The van der Waals surface area contributed by atoms with Crippen molar-refractivity contribution in [2.75, 3.05) is 0 Å².